The number of ether oxygens (including phenoxy) is 3. The quantitative estimate of drug-likeness (QED) is 0.454. The van der Waals surface area contributed by atoms with Crippen molar-refractivity contribution in [2.24, 2.45) is 5.73 Å². The minimum Gasteiger partial charge on any atom is -0.466 e. The number of halogens is 1. The molecular weight excluding hydrogens is 494 g/mol. The van der Waals surface area contributed by atoms with Gasteiger partial charge in [-0.1, -0.05) is 54.1 Å². The first-order chi connectivity index (χ1) is 17.9. The third-order valence-electron chi connectivity index (χ3n) is 5.76. The summed E-state index contributed by atoms with van der Waals surface area (Å²) in [5, 5.41) is 10.7. The van der Waals surface area contributed by atoms with Crippen LogP contribution in [0, 0.1) is 11.3 Å². The van der Waals surface area contributed by atoms with E-state index >= 15 is 0 Å². The van der Waals surface area contributed by atoms with Crippen molar-refractivity contribution in [3.05, 3.63) is 112 Å². The molecular formula is C28H22ClN3O5. The molecule has 0 aromatic heterocycles. The van der Waals surface area contributed by atoms with Crippen molar-refractivity contribution < 1.29 is 23.8 Å². The first kappa shape index (κ1) is 25.4. The number of hydrogen-bond donors (Lipinski definition) is 1. The molecule has 0 fully saturated rings. The zero-order valence-corrected chi connectivity index (χ0v) is 20.7. The van der Waals surface area contributed by atoms with Crippen molar-refractivity contribution in [3.8, 4) is 17.6 Å². The van der Waals surface area contributed by atoms with Gasteiger partial charge in [0.05, 0.1) is 43.0 Å². The molecule has 1 atom stereocenters. The average Bonchev–Trinajstić information content (AvgIpc) is 2.93. The van der Waals surface area contributed by atoms with E-state index in [2.05, 4.69) is 6.07 Å². The summed E-state index contributed by atoms with van der Waals surface area (Å²) in [4.78, 5) is 27.8. The fraction of sp³-hybridized carbons (Fsp3) is 0.107. The Balaban J connectivity index is 2.00. The number of nitrogens with zero attached hydrogens (tertiary/aromatic N) is 2. The van der Waals surface area contributed by atoms with Gasteiger partial charge in [0.25, 0.3) is 0 Å². The van der Waals surface area contributed by atoms with E-state index in [1.165, 1.54) is 19.1 Å². The highest BCUT2D eigenvalue weighted by atomic mass is 35.5. The third kappa shape index (κ3) is 4.85. The number of hydrogen-bond acceptors (Lipinski definition) is 8. The Hall–Kier alpha value is -4.74. The lowest BCUT2D eigenvalue weighted by atomic mass is 9.81. The average molecular weight is 516 g/mol. The molecule has 0 radical (unpaired) electrons. The third-order valence-corrected chi connectivity index (χ3v) is 6.01. The molecule has 3 aromatic carbocycles. The van der Waals surface area contributed by atoms with Gasteiger partial charge >= 0.3 is 11.9 Å². The maximum atomic E-state index is 13.3. The number of nitrogens with two attached hydrogens (primary N) is 1. The second-order valence-electron chi connectivity index (χ2n) is 7.86. The van der Waals surface area contributed by atoms with Gasteiger partial charge in [-0.05, 0) is 42.0 Å². The number of carbonyl (C=O) groups excluding carboxylic acids is 2. The number of carbonyl (C=O) groups is 2. The van der Waals surface area contributed by atoms with Gasteiger partial charge in [-0.2, -0.15) is 5.26 Å². The van der Waals surface area contributed by atoms with E-state index in [1.54, 1.807) is 78.9 Å². The molecule has 0 saturated carbocycles. The summed E-state index contributed by atoms with van der Waals surface area (Å²) in [6.45, 7) is 0. The molecule has 3 aromatic rings. The summed E-state index contributed by atoms with van der Waals surface area (Å²) in [6.07, 6.45) is 0. The van der Waals surface area contributed by atoms with E-state index in [1.807, 2.05) is 0 Å². The van der Waals surface area contributed by atoms with E-state index in [9.17, 15) is 14.9 Å². The van der Waals surface area contributed by atoms with E-state index in [-0.39, 0.29) is 22.7 Å². The fourth-order valence-electron chi connectivity index (χ4n) is 4.12. The van der Waals surface area contributed by atoms with Crippen LogP contribution in [0.3, 0.4) is 0 Å². The van der Waals surface area contributed by atoms with Crippen LogP contribution >= 0.6 is 11.6 Å². The molecule has 0 spiro atoms. The number of methoxy groups -OCH3 is 2. The van der Waals surface area contributed by atoms with Gasteiger partial charge in [0.15, 0.2) is 5.75 Å². The fourth-order valence-corrected chi connectivity index (χ4v) is 4.25. The van der Waals surface area contributed by atoms with Crippen LogP contribution in [0.4, 0.5) is 5.69 Å². The smallest absolute Gasteiger partial charge is 0.355 e. The Kier molecular flexibility index (Phi) is 7.47. The Morgan fingerprint density at radius 3 is 2.16 bits per heavy atom. The topological polar surface area (TPSA) is 115 Å². The van der Waals surface area contributed by atoms with Crippen molar-refractivity contribution in [1.29, 1.82) is 5.26 Å². The van der Waals surface area contributed by atoms with Gasteiger partial charge in [-0.15, -0.1) is 0 Å². The Morgan fingerprint density at radius 2 is 1.54 bits per heavy atom. The molecule has 2 N–H and O–H groups in total. The maximum Gasteiger partial charge on any atom is 0.355 e. The maximum absolute atomic E-state index is 13.3. The number of rotatable bonds is 6. The van der Waals surface area contributed by atoms with Crippen LogP contribution < -0.4 is 15.4 Å². The molecule has 9 heteroatoms. The SMILES string of the molecule is COC(=O)C1=C(C(=O)OC)N(c2ccccc2Oc2ccc(Cl)cc2)C(N)=C(C#N)C1c1ccccc1. The molecule has 1 aliphatic heterocycles. The summed E-state index contributed by atoms with van der Waals surface area (Å²) >= 11 is 5.99. The molecule has 0 aliphatic carbocycles. The normalized spacial score (nSPS) is 15.2. The first-order valence-corrected chi connectivity index (χ1v) is 11.5. The lowest BCUT2D eigenvalue weighted by Gasteiger charge is -2.36. The van der Waals surface area contributed by atoms with Crippen LogP contribution in [-0.4, -0.2) is 26.2 Å². The first-order valence-electron chi connectivity index (χ1n) is 11.1. The highest BCUT2D eigenvalue weighted by Gasteiger charge is 2.43. The molecule has 186 valence electrons. The van der Waals surface area contributed by atoms with Crippen LogP contribution in [0.15, 0.2) is 102 Å². The van der Waals surface area contributed by atoms with Crippen molar-refractivity contribution in [1.82, 2.24) is 0 Å². The summed E-state index contributed by atoms with van der Waals surface area (Å²) in [7, 11) is 2.39. The molecule has 0 amide bonds. The van der Waals surface area contributed by atoms with Crippen molar-refractivity contribution in [2.75, 3.05) is 19.1 Å². The highest BCUT2D eigenvalue weighted by Crippen LogP contribution is 2.45. The van der Waals surface area contributed by atoms with Gasteiger partial charge in [0.2, 0.25) is 0 Å². The predicted octanol–water partition coefficient (Wildman–Crippen LogP) is 5.03. The number of anilines is 1. The van der Waals surface area contributed by atoms with Crippen LogP contribution in [-0.2, 0) is 19.1 Å². The lowest BCUT2D eigenvalue weighted by molar-refractivity contribution is -0.139. The Morgan fingerprint density at radius 1 is 0.919 bits per heavy atom. The molecule has 1 aliphatic rings. The summed E-state index contributed by atoms with van der Waals surface area (Å²) < 4.78 is 16.2. The standard InChI is InChI=1S/C28H22ClN3O5/c1-35-27(33)24-23(17-8-4-3-5-9-17)20(16-30)26(31)32(25(24)28(34)36-2)21-10-6-7-11-22(21)37-19-14-12-18(29)13-15-19/h3-15,23H,31H2,1-2H3. The minimum atomic E-state index is -0.964. The van der Waals surface area contributed by atoms with Crippen molar-refractivity contribution in [3.63, 3.8) is 0 Å². The minimum absolute atomic E-state index is 0.0561. The molecule has 1 heterocycles. The van der Waals surface area contributed by atoms with Gasteiger partial charge in [-0.3, -0.25) is 4.90 Å². The second-order valence-corrected chi connectivity index (χ2v) is 8.30. The number of nitriles is 1. The van der Waals surface area contributed by atoms with Crippen LogP contribution in [0.2, 0.25) is 5.02 Å². The number of esters is 2. The van der Waals surface area contributed by atoms with E-state index in [0.717, 1.165) is 0 Å². The van der Waals surface area contributed by atoms with Gasteiger partial charge in [0, 0.05) is 5.02 Å². The Bertz CT molecular complexity index is 1440. The summed E-state index contributed by atoms with van der Waals surface area (Å²) in [5.74, 6) is -1.91. The highest BCUT2D eigenvalue weighted by molar-refractivity contribution is 6.30. The van der Waals surface area contributed by atoms with Crippen LogP contribution in [0.1, 0.15) is 11.5 Å². The second kappa shape index (κ2) is 10.9. The van der Waals surface area contributed by atoms with Crippen molar-refractivity contribution in [2.45, 2.75) is 5.92 Å². The number of para-hydroxylation sites is 2. The summed E-state index contributed by atoms with van der Waals surface area (Å²) in [5.41, 5.74) is 7.24. The zero-order chi connectivity index (χ0) is 26.5. The van der Waals surface area contributed by atoms with E-state index in [0.29, 0.717) is 27.8 Å². The molecule has 37 heavy (non-hydrogen) atoms. The van der Waals surface area contributed by atoms with Crippen LogP contribution in [0.25, 0.3) is 0 Å². The molecule has 1 unspecified atom stereocenters. The number of allylic oxidation sites excluding steroid dienone is 1. The van der Waals surface area contributed by atoms with Crippen LogP contribution in [0.5, 0.6) is 11.5 Å². The zero-order valence-electron chi connectivity index (χ0n) is 20.0. The molecule has 0 bridgehead atoms. The largest absolute Gasteiger partial charge is 0.466 e. The Labute approximate surface area is 218 Å². The molecule has 8 nitrogen and oxygen atoms in total. The van der Waals surface area contributed by atoms with Gasteiger partial charge in [-0.25, -0.2) is 9.59 Å². The monoisotopic (exact) mass is 515 g/mol. The van der Waals surface area contributed by atoms with Crippen molar-refractivity contribution >= 4 is 29.2 Å². The molecule has 0 saturated heterocycles. The number of benzene rings is 3. The lowest BCUT2D eigenvalue weighted by Crippen LogP contribution is -2.40. The van der Waals surface area contributed by atoms with E-state index < -0.39 is 17.9 Å². The molecule has 4 rings (SSSR count). The summed E-state index contributed by atoms with van der Waals surface area (Å²) in [6, 6.07) is 24.4. The van der Waals surface area contributed by atoms with Gasteiger partial charge in [0.1, 0.15) is 17.3 Å². The van der Waals surface area contributed by atoms with E-state index in [4.69, 9.17) is 31.5 Å². The predicted molar refractivity (Wildman–Crippen MR) is 138 cm³/mol. The van der Waals surface area contributed by atoms with Gasteiger partial charge < -0.3 is 19.9 Å².